The van der Waals surface area contributed by atoms with E-state index in [2.05, 4.69) is 70.9 Å². The number of nitrogens with one attached hydrogen (secondary N) is 1. The summed E-state index contributed by atoms with van der Waals surface area (Å²) in [6.45, 7) is 0. The molecule has 0 saturated heterocycles. The first-order valence-corrected chi connectivity index (χ1v) is 11.9. The molecule has 0 bridgehead atoms. The van der Waals surface area contributed by atoms with Crippen LogP contribution in [0.1, 0.15) is 54.4 Å². The molecule has 0 radical (unpaired) electrons. The molecule has 0 amide bonds. The Morgan fingerprint density at radius 1 is 0.941 bits per heavy atom. The van der Waals surface area contributed by atoms with Crippen LogP contribution in [0, 0.1) is 5.92 Å². The number of hydrogen-bond acceptors (Lipinski definition) is 2. The second-order valence-electron chi connectivity index (χ2n) is 9.04. The lowest BCUT2D eigenvalue weighted by Gasteiger charge is -2.20. The van der Waals surface area contributed by atoms with Gasteiger partial charge in [0, 0.05) is 11.5 Å². The van der Waals surface area contributed by atoms with Gasteiger partial charge in [-0.05, 0) is 63.9 Å². The van der Waals surface area contributed by atoms with E-state index in [0.717, 1.165) is 28.5 Å². The predicted molar refractivity (Wildman–Crippen MR) is 138 cm³/mol. The number of carboxylic acid groups (broad SMARTS) is 1. The van der Waals surface area contributed by atoms with Crippen molar-refractivity contribution in [2.24, 2.45) is 5.92 Å². The van der Waals surface area contributed by atoms with Crippen molar-refractivity contribution in [3.05, 3.63) is 107 Å². The Morgan fingerprint density at radius 3 is 2.41 bits per heavy atom. The van der Waals surface area contributed by atoms with Crippen LogP contribution in [0.15, 0.2) is 85.1 Å². The Morgan fingerprint density at radius 2 is 1.68 bits per heavy atom. The van der Waals surface area contributed by atoms with Crippen LogP contribution in [-0.4, -0.2) is 21.3 Å². The second-order valence-corrected chi connectivity index (χ2v) is 9.04. The van der Waals surface area contributed by atoms with Gasteiger partial charge in [-0.15, -0.1) is 0 Å². The van der Waals surface area contributed by atoms with E-state index in [1.165, 1.54) is 54.0 Å². The van der Waals surface area contributed by atoms with Crippen LogP contribution in [0.2, 0.25) is 0 Å². The van der Waals surface area contributed by atoms with Gasteiger partial charge in [-0.3, -0.25) is 5.10 Å². The van der Waals surface area contributed by atoms with Gasteiger partial charge in [0.05, 0.1) is 11.7 Å². The van der Waals surface area contributed by atoms with Crippen molar-refractivity contribution in [3.63, 3.8) is 0 Å². The zero-order chi connectivity index (χ0) is 23.3. The molecule has 0 unspecified atom stereocenters. The molecule has 1 heterocycles. The average molecular weight is 449 g/mol. The molecule has 5 rings (SSSR count). The average Bonchev–Trinajstić information content (AvgIpc) is 3.55. The number of fused-ring (bicyclic) bond motifs is 1. The highest BCUT2D eigenvalue weighted by molar-refractivity contribution is 6.00. The van der Waals surface area contributed by atoms with Crippen molar-refractivity contribution >= 4 is 34.1 Å². The van der Waals surface area contributed by atoms with Gasteiger partial charge in [0.1, 0.15) is 0 Å². The molecule has 1 aliphatic rings. The zero-order valence-electron chi connectivity index (χ0n) is 19.1. The van der Waals surface area contributed by atoms with E-state index in [4.69, 9.17) is 5.11 Å². The number of aromatic amines is 1. The SMILES string of the molecule is O=C(O)/C=C/c1ccc(/C(=C(/CC2CCCC2)c2ccccc2)c2ccc3[nH]ncc3c2)cc1. The normalized spacial score (nSPS) is 15.2. The first-order chi connectivity index (χ1) is 16.7. The van der Waals surface area contributed by atoms with E-state index in [9.17, 15) is 4.79 Å². The lowest BCUT2D eigenvalue weighted by molar-refractivity contribution is -0.131. The molecule has 0 spiro atoms. The molecule has 1 aliphatic carbocycles. The van der Waals surface area contributed by atoms with Crippen molar-refractivity contribution in [2.45, 2.75) is 32.1 Å². The summed E-state index contributed by atoms with van der Waals surface area (Å²) in [5.41, 5.74) is 8.04. The predicted octanol–water partition coefficient (Wildman–Crippen LogP) is 7.20. The molecule has 2 N–H and O–H groups in total. The standard InChI is InChI=1S/C30H28N2O2/c33-29(34)17-12-21-10-13-24(14-11-21)30(25-15-16-28-26(19-25)20-31-32-28)27(18-22-6-4-5-7-22)23-8-2-1-3-9-23/h1-3,8-17,19-20,22H,4-7,18H2,(H,31,32)(H,33,34)/b17-12+,30-27+. The molecule has 170 valence electrons. The molecule has 1 aromatic heterocycles. The van der Waals surface area contributed by atoms with E-state index < -0.39 is 5.97 Å². The van der Waals surface area contributed by atoms with Crippen LogP contribution < -0.4 is 0 Å². The molecular formula is C30H28N2O2. The van der Waals surface area contributed by atoms with Gasteiger partial charge < -0.3 is 5.11 Å². The summed E-state index contributed by atoms with van der Waals surface area (Å²) in [5, 5.41) is 17.3. The van der Waals surface area contributed by atoms with Gasteiger partial charge in [0.2, 0.25) is 0 Å². The maximum atomic E-state index is 10.9. The van der Waals surface area contributed by atoms with Gasteiger partial charge >= 0.3 is 5.97 Å². The number of aliphatic carboxylic acids is 1. The summed E-state index contributed by atoms with van der Waals surface area (Å²) < 4.78 is 0. The largest absolute Gasteiger partial charge is 0.478 e. The van der Waals surface area contributed by atoms with Crippen molar-refractivity contribution < 1.29 is 9.90 Å². The lowest BCUT2D eigenvalue weighted by Crippen LogP contribution is -2.01. The molecule has 34 heavy (non-hydrogen) atoms. The number of carbonyl (C=O) groups is 1. The highest BCUT2D eigenvalue weighted by atomic mass is 16.4. The van der Waals surface area contributed by atoms with Crippen LogP contribution >= 0.6 is 0 Å². The summed E-state index contributed by atoms with van der Waals surface area (Å²) in [7, 11) is 0. The summed E-state index contributed by atoms with van der Waals surface area (Å²) >= 11 is 0. The first-order valence-electron chi connectivity index (χ1n) is 11.9. The number of allylic oxidation sites excluding steroid dienone is 1. The fourth-order valence-corrected chi connectivity index (χ4v) is 5.05. The van der Waals surface area contributed by atoms with Gasteiger partial charge in [-0.1, -0.05) is 86.3 Å². The van der Waals surface area contributed by atoms with Crippen LogP contribution in [0.5, 0.6) is 0 Å². The van der Waals surface area contributed by atoms with Crippen molar-refractivity contribution in [1.29, 1.82) is 0 Å². The van der Waals surface area contributed by atoms with Crippen molar-refractivity contribution in [1.82, 2.24) is 10.2 Å². The molecular weight excluding hydrogens is 420 g/mol. The van der Waals surface area contributed by atoms with E-state index in [-0.39, 0.29) is 0 Å². The molecule has 3 aromatic carbocycles. The number of H-pyrrole nitrogens is 1. The minimum absolute atomic E-state index is 0.695. The minimum Gasteiger partial charge on any atom is -0.478 e. The Kier molecular flexibility index (Phi) is 6.39. The third kappa shape index (κ3) is 4.86. The monoisotopic (exact) mass is 448 g/mol. The maximum absolute atomic E-state index is 10.9. The summed E-state index contributed by atoms with van der Waals surface area (Å²) in [4.78, 5) is 10.9. The lowest BCUT2D eigenvalue weighted by atomic mass is 9.84. The number of nitrogens with zero attached hydrogens (tertiary/aromatic N) is 1. The van der Waals surface area contributed by atoms with Gasteiger partial charge in [-0.2, -0.15) is 5.10 Å². The fourth-order valence-electron chi connectivity index (χ4n) is 5.05. The Hall–Kier alpha value is -3.92. The minimum atomic E-state index is -0.944. The number of carboxylic acids is 1. The molecule has 1 saturated carbocycles. The highest BCUT2D eigenvalue weighted by Gasteiger charge is 2.21. The maximum Gasteiger partial charge on any atom is 0.328 e. The van der Waals surface area contributed by atoms with Crippen LogP contribution in [0.25, 0.3) is 28.1 Å². The topological polar surface area (TPSA) is 66.0 Å². The van der Waals surface area contributed by atoms with Crippen molar-refractivity contribution in [3.8, 4) is 0 Å². The quantitative estimate of drug-likeness (QED) is 0.232. The molecule has 4 nitrogen and oxygen atoms in total. The Bertz CT molecular complexity index is 1340. The molecule has 4 heteroatoms. The van der Waals surface area contributed by atoms with Gasteiger partial charge in [0.25, 0.3) is 0 Å². The van der Waals surface area contributed by atoms with Gasteiger partial charge in [-0.25, -0.2) is 4.79 Å². The zero-order valence-corrected chi connectivity index (χ0v) is 19.1. The second kappa shape index (κ2) is 9.92. The number of aromatic nitrogens is 2. The number of rotatable bonds is 7. The Balaban J connectivity index is 1.69. The molecule has 0 aliphatic heterocycles. The van der Waals surface area contributed by atoms with E-state index in [0.29, 0.717) is 5.92 Å². The van der Waals surface area contributed by atoms with E-state index >= 15 is 0 Å². The van der Waals surface area contributed by atoms with Gasteiger partial charge in [0.15, 0.2) is 0 Å². The summed E-state index contributed by atoms with van der Waals surface area (Å²) in [5.74, 6) is -0.248. The van der Waals surface area contributed by atoms with E-state index in [1.54, 1.807) is 6.08 Å². The van der Waals surface area contributed by atoms with Crippen LogP contribution in [-0.2, 0) is 4.79 Å². The third-order valence-corrected chi connectivity index (χ3v) is 6.74. The summed E-state index contributed by atoms with van der Waals surface area (Å²) in [6.07, 6.45) is 10.9. The van der Waals surface area contributed by atoms with Crippen LogP contribution in [0.4, 0.5) is 0 Å². The highest BCUT2D eigenvalue weighted by Crippen LogP contribution is 2.40. The number of benzene rings is 3. The number of hydrogen-bond donors (Lipinski definition) is 2. The van der Waals surface area contributed by atoms with Crippen molar-refractivity contribution in [2.75, 3.05) is 0 Å². The molecule has 4 aromatic rings. The van der Waals surface area contributed by atoms with E-state index in [1.807, 2.05) is 18.3 Å². The molecule has 0 atom stereocenters. The first kappa shape index (κ1) is 21.9. The Labute approximate surface area is 199 Å². The summed E-state index contributed by atoms with van der Waals surface area (Å²) in [6, 6.07) is 25.4. The smallest absolute Gasteiger partial charge is 0.328 e. The third-order valence-electron chi connectivity index (χ3n) is 6.74. The molecule has 1 fully saturated rings. The fraction of sp³-hybridized carbons (Fsp3) is 0.200. The van der Waals surface area contributed by atoms with Crippen LogP contribution in [0.3, 0.4) is 0 Å².